The van der Waals surface area contributed by atoms with Crippen molar-refractivity contribution in [2.75, 3.05) is 12.0 Å². The molecule has 8 heteroatoms. The second kappa shape index (κ2) is 6.10. The molecule has 136 valence electrons. The van der Waals surface area contributed by atoms with Gasteiger partial charge < -0.3 is 10.8 Å². The highest BCUT2D eigenvalue weighted by atomic mass is 32.2. The van der Waals surface area contributed by atoms with Crippen molar-refractivity contribution >= 4 is 26.9 Å². The summed E-state index contributed by atoms with van der Waals surface area (Å²) in [6.45, 7) is 0. The number of nitrogens with two attached hydrogens (primary N) is 1. The zero-order valence-electron chi connectivity index (χ0n) is 14.4. The Kier molecular flexibility index (Phi) is 3.85. The highest BCUT2D eigenvalue weighted by Crippen LogP contribution is 2.33. The maximum Gasteiger partial charge on any atom is 0.236 e. The van der Waals surface area contributed by atoms with Gasteiger partial charge in [0.15, 0.2) is 0 Å². The van der Waals surface area contributed by atoms with Crippen LogP contribution in [0.4, 0.5) is 5.95 Å². The molecule has 3 N–H and O–H groups in total. The maximum atomic E-state index is 12.2. The minimum Gasteiger partial charge on any atom is -0.508 e. The maximum absolute atomic E-state index is 12.2. The standard InChI is InChI=1S/C19H16N4O3S/c1-27(25,26)23-11-15(14-7-2-3-8-18(14)23)17-10-16(21-19(20)22-17)12-5-4-6-13(24)9-12/h2-11,24H,1H3,(H2,20,21,22). The Morgan fingerprint density at radius 1 is 1.00 bits per heavy atom. The SMILES string of the molecule is CS(=O)(=O)n1cc(-c2cc(-c3cccc(O)c3)nc(N)n2)c2ccccc21. The number of phenolic OH excluding ortho intramolecular Hbond substituents is 1. The first-order chi connectivity index (χ1) is 12.8. The van der Waals surface area contributed by atoms with E-state index in [2.05, 4.69) is 9.97 Å². The Bertz CT molecular complexity index is 1280. The van der Waals surface area contributed by atoms with Crippen molar-refractivity contribution < 1.29 is 13.5 Å². The molecular weight excluding hydrogens is 364 g/mol. The van der Waals surface area contributed by atoms with Crippen molar-refractivity contribution in [2.45, 2.75) is 0 Å². The van der Waals surface area contributed by atoms with E-state index in [1.54, 1.807) is 42.5 Å². The largest absolute Gasteiger partial charge is 0.508 e. The fourth-order valence-corrected chi connectivity index (χ4v) is 3.86. The average molecular weight is 380 g/mol. The van der Waals surface area contributed by atoms with Gasteiger partial charge in [0.05, 0.1) is 23.2 Å². The number of aromatic hydroxyl groups is 1. The summed E-state index contributed by atoms with van der Waals surface area (Å²) >= 11 is 0. The Balaban J connectivity index is 1.98. The Morgan fingerprint density at radius 3 is 2.48 bits per heavy atom. The lowest BCUT2D eigenvalue weighted by Crippen LogP contribution is -2.08. The highest BCUT2D eigenvalue weighted by molar-refractivity contribution is 7.89. The lowest BCUT2D eigenvalue weighted by Gasteiger charge is -2.06. The van der Waals surface area contributed by atoms with E-state index >= 15 is 0 Å². The van der Waals surface area contributed by atoms with Crippen LogP contribution in [0, 0.1) is 0 Å². The van der Waals surface area contributed by atoms with Crippen LogP contribution in [0.15, 0.2) is 60.8 Å². The van der Waals surface area contributed by atoms with Crippen LogP contribution in [-0.4, -0.2) is 33.7 Å². The van der Waals surface area contributed by atoms with Crippen LogP contribution in [0.2, 0.25) is 0 Å². The monoisotopic (exact) mass is 380 g/mol. The summed E-state index contributed by atoms with van der Waals surface area (Å²) in [7, 11) is -3.49. The minimum absolute atomic E-state index is 0.0574. The summed E-state index contributed by atoms with van der Waals surface area (Å²) in [5, 5.41) is 10.5. The summed E-state index contributed by atoms with van der Waals surface area (Å²) in [5.74, 6) is 0.168. The second-order valence-electron chi connectivity index (χ2n) is 6.17. The van der Waals surface area contributed by atoms with Crippen LogP contribution in [0.3, 0.4) is 0 Å². The molecule has 0 bridgehead atoms. The van der Waals surface area contributed by atoms with Crippen LogP contribution in [0.25, 0.3) is 33.4 Å². The zero-order chi connectivity index (χ0) is 19.2. The van der Waals surface area contributed by atoms with Gasteiger partial charge in [-0.3, -0.25) is 0 Å². The molecule has 4 rings (SSSR count). The number of nitrogen functional groups attached to an aromatic ring is 1. The van der Waals surface area contributed by atoms with Gasteiger partial charge in [0.25, 0.3) is 0 Å². The molecule has 0 atom stereocenters. The number of phenols is 1. The van der Waals surface area contributed by atoms with E-state index in [-0.39, 0.29) is 11.7 Å². The topological polar surface area (TPSA) is 111 Å². The smallest absolute Gasteiger partial charge is 0.236 e. The molecule has 0 unspecified atom stereocenters. The summed E-state index contributed by atoms with van der Waals surface area (Å²) in [6.07, 6.45) is 2.68. The van der Waals surface area contributed by atoms with Gasteiger partial charge in [0.1, 0.15) is 5.75 Å². The molecule has 2 aromatic heterocycles. The average Bonchev–Trinajstić information content (AvgIpc) is 3.01. The first-order valence-electron chi connectivity index (χ1n) is 8.08. The summed E-state index contributed by atoms with van der Waals surface area (Å²) in [5.41, 5.74) is 8.80. The summed E-state index contributed by atoms with van der Waals surface area (Å²) < 4.78 is 25.6. The lowest BCUT2D eigenvalue weighted by molar-refractivity contribution is 0.475. The Hall–Kier alpha value is -3.39. The van der Waals surface area contributed by atoms with E-state index in [4.69, 9.17) is 5.73 Å². The molecule has 0 fully saturated rings. The number of hydrogen-bond donors (Lipinski definition) is 2. The third-order valence-electron chi connectivity index (χ3n) is 4.20. The number of rotatable bonds is 3. The molecule has 2 heterocycles. The zero-order valence-corrected chi connectivity index (χ0v) is 15.2. The van der Waals surface area contributed by atoms with Crippen LogP contribution in [0.1, 0.15) is 0 Å². The first-order valence-corrected chi connectivity index (χ1v) is 9.93. The van der Waals surface area contributed by atoms with Gasteiger partial charge in [-0.05, 0) is 24.3 Å². The number of para-hydroxylation sites is 1. The number of hydrogen-bond acceptors (Lipinski definition) is 6. The number of nitrogens with zero attached hydrogens (tertiary/aromatic N) is 3. The van der Waals surface area contributed by atoms with Crippen molar-refractivity contribution in [3.05, 3.63) is 60.8 Å². The van der Waals surface area contributed by atoms with Gasteiger partial charge in [0.2, 0.25) is 16.0 Å². The van der Waals surface area contributed by atoms with Crippen LogP contribution in [0.5, 0.6) is 5.75 Å². The fourth-order valence-electron chi connectivity index (χ4n) is 3.05. The summed E-state index contributed by atoms with van der Waals surface area (Å²) in [4.78, 5) is 8.53. The van der Waals surface area contributed by atoms with E-state index in [0.717, 1.165) is 11.6 Å². The second-order valence-corrected chi connectivity index (χ2v) is 8.03. The number of aromatic nitrogens is 3. The molecule has 0 aliphatic rings. The quantitative estimate of drug-likeness (QED) is 0.565. The highest BCUT2D eigenvalue weighted by Gasteiger charge is 2.17. The molecule has 0 spiro atoms. The molecule has 7 nitrogen and oxygen atoms in total. The molecule has 0 radical (unpaired) electrons. The normalized spacial score (nSPS) is 11.7. The van der Waals surface area contributed by atoms with E-state index < -0.39 is 10.0 Å². The molecule has 0 aliphatic carbocycles. The number of fused-ring (bicyclic) bond motifs is 1. The molecule has 0 aliphatic heterocycles. The molecule has 0 saturated carbocycles. The van der Waals surface area contributed by atoms with Gasteiger partial charge in [-0.15, -0.1) is 0 Å². The minimum atomic E-state index is -3.49. The third-order valence-corrected chi connectivity index (χ3v) is 5.21. The van der Waals surface area contributed by atoms with Crippen molar-refractivity contribution in [2.24, 2.45) is 0 Å². The van der Waals surface area contributed by atoms with Crippen LogP contribution < -0.4 is 5.73 Å². The van der Waals surface area contributed by atoms with Crippen LogP contribution >= 0.6 is 0 Å². The molecule has 0 saturated heterocycles. The Morgan fingerprint density at radius 2 is 1.74 bits per heavy atom. The van der Waals surface area contributed by atoms with Gasteiger partial charge in [-0.2, -0.15) is 0 Å². The molecule has 4 aromatic rings. The van der Waals surface area contributed by atoms with Gasteiger partial charge >= 0.3 is 0 Å². The van der Waals surface area contributed by atoms with Crippen molar-refractivity contribution in [3.63, 3.8) is 0 Å². The van der Waals surface area contributed by atoms with E-state index in [1.165, 1.54) is 10.2 Å². The lowest BCUT2D eigenvalue weighted by atomic mass is 10.1. The van der Waals surface area contributed by atoms with Gasteiger partial charge in [-0.25, -0.2) is 22.4 Å². The van der Waals surface area contributed by atoms with Crippen molar-refractivity contribution in [3.8, 4) is 28.3 Å². The van der Waals surface area contributed by atoms with Crippen LogP contribution in [-0.2, 0) is 10.0 Å². The number of anilines is 1. The molecule has 27 heavy (non-hydrogen) atoms. The molecule has 0 amide bonds. The number of benzene rings is 2. The third kappa shape index (κ3) is 3.11. The molecule has 2 aromatic carbocycles. The summed E-state index contributed by atoms with van der Waals surface area (Å²) in [6, 6.07) is 15.5. The van der Waals surface area contributed by atoms with Crippen molar-refractivity contribution in [1.82, 2.24) is 13.9 Å². The van der Waals surface area contributed by atoms with E-state index in [9.17, 15) is 13.5 Å². The Labute approximate surface area is 155 Å². The van der Waals surface area contributed by atoms with Gasteiger partial charge in [0, 0.05) is 22.7 Å². The predicted molar refractivity (Wildman–Crippen MR) is 105 cm³/mol. The van der Waals surface area contributed by atoms with E-state index in [1.807, 2.05) is 12.1 Å². The first kappa shape index (κ1) is 17.0. The van der Waals surface area contributed by atoms with Crippen molar-refractivity contribution in [1.29, 1.82) is 0 Å². The molecular formula is C19H16N4O3S. The predicted octanol–water partition coefficient (Wildman–Crippen LogP) is 2.86. The van der Waals surface area contributed by atoms with Gasteiger partial charge in [-0.1, -0.05) is 30.3 Å². The fraction of sp³-hybridized carbons (Fsp3) is 0.0526. The van der Waals surface area contributed by atoms with E-state index in [0.29, 0.717) is 28.0 Å².